The second-order valence-electron chi connectivity index (χ2n) is 7.31. The molecular weight excluding hydrogens is 318 g/mol. The quantitative estimate of drug-likeness (QED) is 0.776. The third-order valence-corrected chi connectivity index (χ3v) is 5.82. The highest BCUT2D eigenvalue weighted by Gasteiger charge is 2.51. The summed E-state index contributed by atoms with van der Waals surface area (Å²) >= 11 is 6.28. The molecule has 1 saturated carbocycles. The van der Waals surface area contributed by atoms with E-state index >= 15 is 0 Å². The predicted octanol–water partition coefficient (Wildman–Crippen LogP) is 2.48. The molecule has 5 rings (SSSR count). The normalized spacial score (nSPS) is 31.7. The van der Waals surface area contributed by atoms with E-state index < -0.39 is 5.60 Å². The monoisotopic (exact) mass is 337 g/mol. The van der Waals surface area contributed by atoms with Crippen molar-refractivity contribution in [2.45, 2.75) is 37.4 Å². The molecule has 0 bridgehead atoms. The maximum atomic E-state index is 6.29. The highest BCUT2D eigenvalue weighted by molar-refractivity contribution is 6.29. The summed E-state index contributed by atoms with van der Waals surface area (Å²) in [6.07, 6.45) is 4.06. The number of hydrogen-bond acceptors (Lipinski definition) is 5. The molecule has 0 amide bonds. The summed E-state index contributed by atoms with van der Waals surface area (Å²) in [5.41, 5.74) is 2.03. The van der Waals surface area contributed by atoms with Crippen molar-refractivity contribution in [2.24, 2.45) is 5.41 Å². The second kappa shape index (κ2) is 5.06. The van der Waals surface area contributed by atoms with Gasteiger partial charge in [-0.1, -0.05) is 11.6 Å². The summed E-state index contributed by atoms with van der Waals surface area (Å²) in [6, 6.07) is 1.86. The molecule has 5 nitrogen and oxygen atoms in total. The SMILES string of the molecule is Clc1cc(OC2CC3(COC3)C2)c2c(n1)C1(CCOC1)OCC2. The van der Waals surface area contributed by atoms with Gasteiger partial charge in [-0.25, -0.2) is 4.98 Å². The van der Waals surface area contributed by atoms with Crippen molar-refractivity contribution in [1.82, 2.24) is 4.98 Å². The maximum Gasteiger partial charge on any atom is 0.136 e. The Bertz CT molecular complexity index is 632. The molecule has 0 N–H and O–H groups in total. The Kier molecular flexibility index (Phi) is 3.18. The van der Waals surface area contributed by atoms with Crippen molar-refractivity contribution in [1.29, 1.82) is 0 Å². The van der Waals surface area contributed by atoms with Crippen molar-refractivity contribution in [3.8, 4) is 5.75 Å². The number of aromatic nitrogens is 1. The van der Waals surface area contributed by atoms with Gasteiger partial charge in [-0.2, -0.15) is 0 Å². The lowest BCUT2D eigenvalue weighted by Crippen LogP contribution is -2.56. The fraction of sp³-hybridized carbons (Fsp3) is 0.706. The van der Waals surface area contributed by atoms with Gasteiger partial charge in [-0.05, 0) is 12.8 Å². The van der Waals surface area contributed by atoms with Gasteiger partial charge in [0.15, 0.2) is 0 Å². The molecule has 2 spiro atoms. The number of nitrogens with zero attached hydrogens (tertiary/aromatic N) is 1. The van der Waals surface area contributed by atoms with Crippen LogP contribution in [0.15, 0.2) is 6.07 Å². The van der Waals surface area contributed by atoms with Crippen LogP contribution >= 0.6 is 11.6 Å². The summed E-state index contributed by atoms with van der Waals surface area (Å²) in [7, 11) is 0. The minimum absolute atomic E-state index is 0.264. The number of hydrogen-bond donors (Lipinski definition) is 0. The van der Waals surface area contributed by atoms with Gasteiger partial charge >= 0.3 is 0 Å². The van der Waals surface area contributed by atoms with Crippen LogP contribution in [-0.2, 0) is 26.2 Å². The molecule has 1 aromatic heterocycles. The first-order valence-electron chi connectivity index (χ1n) is 8.34. The Balaban J connectivity index is 1.44. The maximum absolute atomic E-state index is 6.29. The lowest BCUT2D eigenvalue weighted by atomic mass is 9.65. The molecule has 3 fully saturated rings. The van der Waals surface area contributed by atoms with Crippen LogP contribution in [0.4, 0.5) is 0 Å². The fourth-order valence-corrected chi connectivity index (χ4v) is 4.48. The summed E-state index contributed by atoms with van der Waals surface area (Å²) in [4.78, 5) is 4.58. The third kappa shape index (κ3) is 2.21. The van der Waals surface area contributed by atoms with Gasteiger partial charge in [0.25, 0.3) is 0 Å². The number of fused-ring (bicyclic) bond motifs is 2. The molecule has 1 aromatic rings. The van der Waals surface area contributed by atoms with Crippen molar-refractivity contribution in [2.75, 3.05) is 33.0 Å². The van der Waals surface area contributed by atoms with E-state index in [4.69, 9.17) is 30.5 Å². The number of halogens is 1. The van der Waals surface area contributed by atoms with Crippen LogP contribution in [0, 0.1) is 5.41 Å². The molecule has 0 radical (unpaired) electrons. The van der Waals surface area contributed by atoms with Crippen LogP contribution in [0.1, 0.15) is 30.5 Å². The first kappa shape index (κ1) is 14.5. The zero-order valence-electron chi connectivity index (χ0n) is 13.0. The standard InChI is InChI=1S/C17H20ClNO4/c18-14-5-13(23-11-6-16(7-11)8-21-9-16)12-1-3-22-17(15(12)19-14)2-4-20-10-17/h5,11H,1-4,6-10H2. The van der Waals surface area contributed by atoms with E-state index in [2.05, 4.69) is 4.98 Å². The van der Waals surface area contributed by atoms with E-state index in [1.54, 1.807) is 0 Å². The molecule has 3 aliphatic heterocycles. The molecule has 23 heavy (non-hydrogen) atoms. The minimum atomic E-state index is -0.431. The molecular formula is C17H20ClNO4. The number of rotatable bonds is 2. The van der Waals surface area contributed by atoms with Crippen LogP contribution in [0.5, 0.6) is 5.75 Å². The third-order valence-electron chi connectivity index (χ3n) is 5.63. The summed E-state index contributed by atoms with van der Waals surface area (Å²) in [5, 5.41) is 0.469. The molecule has 6 heteroatoms. The highest BCUT2D eigenvalue weighted by atomic mass is 35.5. The first-order chi connectivity index (χ1) is 11.2. The Morgan fingerprint density at radius 1 is 1.17 bits per heavy atom. The smallest absolute Gasteiger partial charge is 0.136 e. The van der Waals surface area contributed by atoms with Gasteiger partial charge in [0.1, 0.15) is 22.6 Å². The van der Waals surface area contributed by atoms with E-state index in [1.807, 2.05) is 6.07 Å². The van der Waals surface area contributed by atoms with E-state index in [9.17, 15) is 0 Å². The number of pyridine rings is 1. The van der Waals surface area contributed by atoms with E-state index in [-0.39, 0.29) is 6.10 Å². The average Bonchev–Trinajstić information content (AvgIpc) is 2.91. The van der Waals surface area contributed by atoms with Gasteiger partial charge in [0, 0.05) is 36.5 Å². The molecule has 4 aliphatic rings. The predicted molar refractivity (Wildman–Crippen MR) is 82.9 cm³/mol. The summed E-state index contributed by atoms with van der Waals surface area (Å²) in [6.45, 7) is 3.71. The van der Waals surface area contributed by atoms with Crippen LogP contribution in [0.25, 0.3) is 0 Å². The minimum Gasteiger partial charge on any atom is -0.490 e. The molecule has 0 aromatic carbocycles. The Hall–Kier alpha value is -0.880. The topological polar surface area (TPSA) is 49.8 Å². The van der Waals surface area contributed by atoms with Gasteiger partial charge in [-0.15, -0.1) is 0 Å². The summed E-state index contributed by atoms with van der Waals surface area (Å²) < 4.78 is 23.2. The molecule has 124 valence electrons. The van der Waals surface area contributed by atoms with Crippen LogP contribution in [0.3, 0.4) is 0 Å². The average molecular weight is 338 g/mol. The summed E-state index contributed by atoms with van der Waals surface area (Å²) in [5.74, 6) is 0.884. The van der Waals surface area contributed by atoms with Crippen LogP contribution in [0.2, 0.25) is 5.15 Å². The van der Waals surface area contributed by atoms with Crippen molar-refractivity contribution < 1.29 is 18.9 Å². The van der Waals surface area contributed by atoms with E-state index in [0.29, 0.717) is 30.4 Å². The Labute approximate surface area is 140 Å². The van der Waals surface area contributed by atoms with Crippen LogP contribution in [-0.4, -0.2) is 44.1 Å². The second-order valence-corrected chi connectivity index (χ2v) is 7.69. The van der Waals surface area contributed by atoms with Gasteiger partial charge in [-0.3, -0.25) is 0 Å². The van der Waals surface area contributed by atoms with Gasteiger partial charge < -0.3 is 18.9 Å². The first-order valence-corrected chi connectivity index (χ1v) is 8.72. The zero-order chi connectivity index (χ0) is 15.5. The molecule has 1 unspecified atom stereocenters. The van der Waals surface area contributed by atoms with Crippen LogP contribution < -0.4 is 4.74 Å². The van der Waals surface area contributed by atoms with E-state index in [1.165, 1.54) is 0 Å². The number of ether oxygens (including phenoxy) is 4. The van der Waals surface area contributed by atoms with Gasteiger partial charge in [0.2, 0.25) is 0 Å². The molecule has 2 saturated heterocycles. The van der Waals surface area contributed by atoms with Crippen molar-refractivity contribution in [3.05, 3.63) is 22.5 Å². The molecule has 4 heterocycles. The Morgan fingerprint density at radius 2 is 2.04 bits per heavy atom. The van der Waals surface area contributed by atoms with Crippen molar-refractivity contribution in [3.63, 3.8) is 0 Å². The molecule has 1 atom stereocenters. The highest BCUT2D eigenvalue weighted by Crippen LogP contribution is 2.49. The fourth-order valence-electron chi connectivity index (χ4n) is 4.30. The van der Waals surface area contributed by atoms with E-state index in [0.717, 1.165) is 55.9 Å². The Morgan fingerprint density at radius 3 is 2.74 bits per heavy atom. The van der Waals surface area contributed by atoms with Gasteiger partial charge in [0.05, 0.1) is 32.1 Å². The molecule has 1 aliphatic carbocycles. The largest absolute Gasteiger partial charge is 0.490 e. The van der Waals surface area contributed by atoms with Crippen molar-refractivity contribution >= 4 is 11.6 Å². The zero-order valence-corrected chi connectivity index (χ0v) is 13.7. The lowest BCUT2D eigenvalue weighted by molar-refractivity contribution is -0.191. The lowest BCUT2D eigenvalue weighted by Gasteiger charge is -2.52.